The topological polar surface area (TPSA) is 24.3 Å². The standard InChI is InChI=1S/C25H22N4/c1-17-12-13-21-25(29-22-11-7-6-8-19(22)16-23(29)26-21)24(17)28-15-14-27(18(28)2)20-9-4-3-5-10-20/h3-15,18H,16H2,1-2H3/t18-/m0/s1. The molecule has 3 heterocycles. The zero-order valence-corrected chi connectivity index (χ0v) is 16.6. The molecule has 0 N–H and O–H groups in total. The number of anilines is 2. The highest BCUT2D eigenvalue weighted by Crippen LogP contribution is 2.40. The van der Waals surface area contributed by atoms with Crippen molar-refractivity contribution in [1.82, 2.24) is 9.55 Å². The normalized spacial score (nSPS) is 17.2. The third-order valence-corrected chi connectivity index (χ3v) is 6.15. The molecule has 0 radical (unpaired) electrons. The predicted molar refractivity (Wildman–Crippen MR) is 119 cm³/mol. The van der Waals surface area contributed by atoms with Gasteiger partial charge in [-0.3, -0.25) is 4.57 Å². The highest BCUT2D eigenvalue weighted by molar-refractivity contribution is 5.95. The molecule has 4 heteroatoms. The second kappa shape index (κ2) is 5.98. The molecule has 3 aromatic carbocycles. The van der Waals surface area contributed by atoms with Crippen LogP contribution in [0.5, 0.6) is 0 Å². The Bertz CT molecular complexity index is 1270. The average Bonchev–Trinajstić information content (AvgIpc) is 3.40. The first-order valence-corrected chi connectivity index (χ1v) is 10.1. The molecule has 0 amide bonds. The van der Waals surface area contributed by atoms with Crippen LogP contribution in [0.2, 0.25) is 0 Å². The van der Waals surface area contributed by atoms with Gasteiger partial charge in [0, 0.05) is 24.5 Å². The molecular formula is C25H22N4. The lowest BCUT2D eigenvalue weighted by Gasteiger charge is -2.31. The Labute approximate surface area is 170 Å². The van der Waals surface area contributed by atoms with E-state index in [0.717, 1.165) is 17.8 Å². The Morgan fingerprint density at radius 2 is 1.62 bits per heavy atom. The number of hydrogen-bond donors (Lipinski definition) is 0. The highest BCUT2D eigenvalue weighted by atomic mass is 15.4. The van der Waals surface area contributed by atoms with Crippen molar-refractivity contribution < 1.29 is 0 Å². The van der Waals surface area contributed by atoms with Crippen LogP contribution in [0, 0.1) is 6.92 Å². The number of nitrogens with zero attached hydrogens (tertiary/aromatic N) is 4. The summed E-state index contributed by atoms with van der Waals surface area (Å²) in [7, 11) is 0. The van der Waals surface area contributed by atoms with E-state index in [1.54, 1.807) is 0 Å². The van der Waals surface area contributed by atoms with Crippen molar-refractivity contribution in [2.24, 2.45) is 0 Å². The molecule has 0 bridgehead atoms. The molecule has 2 aliphatic heterocycles. The maximum Gasteiger partial charge on any atom is 0.119 e. The van der Waals surface area contributed by atoms with Gasteiger partial charge in [-0.15, -0.1) is 0 Å². The quantitative estimate of drug-likeness (QED) is 0.412. The SMILES string of the molecule is Cc1ccc2nc3n(c2c1N1C=CN(c2ccccc2)[C@@H]1C)-c1ccccc1C3. The zero-order chi connectivity index (χ0) is 19.5. The van der Waals surface area contributed by atoms with Crippen molar-refractivity contribution in [3.05, 3.63) is 96.1 Å². The molecule has 6 rings (SSSR count). The minimum atomic E-state index is 0.185. The third-order valence-electron chi connectivity index (χ3n) is 6.15. The summed E-state index contributed by atoms with van der Waals surface area (Å²) in [5.41, 5.74) is 8.57. The lowest BCUT2D eigenvalue weighted by Crippen LogP contribution is -2.36. The van der Waals surface area contributed by atoms with Crippen LogP contribution >= 0.6 is 0 Å². The molecule has 4 nitrogen and oxygen atoms in total. The van der Waals surface area contributed by atoms with Crippen molar-refractivity contribution in [3.8, 4) is 5.69 Å². The van der Waals surface area contributed by atoms with Crippen molar-refractivity contribution in [2.45, 2.75) is 26.4 Å². The second-order valence-electron chi connectivity index (χ2n) is 7.85. The first-order chi connectivity index (χ1) is 14.2. The Kier molecular flexibility index (Phi) is 3.39. The fourth-order valence-electron chi connectivity index (χ4n) is 4.74. The summed E-state index contributed by atoms with van der Waals surface area (Å²) in [6.07, 6.45) is 5.45. The van der Waals surface area contributed by atoms with Crippen molar-refractivity contribution in [1.29, 1.82) is 0 Å². The van der Waals surface area contributed by atoms with Gasteiger partial charge in [-0.25, -0.2) is 4.98 Å². The smallest absolute Gasteiger partial charge is 0.119 e. The van der Waals surface area contributed by atoms with Crippen LogP contribution in [0.4, 0.5) is 11.4 Å². The third kappa shape index (κ3) is 2.29. The highest BCUT2D eigenvalue weighted by Gasteiger charge is 2.30. The van der Waals surface area contributed by atoms with Gasteiger partial charge in [-0.1, -0.05) is 42.5 Å². The summed E-state index contributed by atoms with van der Waals surface area (Å²) in [6.45, 7) is 4.45. The van der Waals surface area contributed by atoms with Crippen LogP contribution < -0.4 is 9.80 Å². The lowest BCUT2D eigenvalue weighted by molar-refractivity contribution is 0.749. The van der Waals surface area contributed by atoms with E-state index in [0.29, 0.717) is 0 Å². The molecule has 0 saturated carbocycles. The van der Waals surface area contributed by atoms with Crippen LogP contribution in [0.3, 0.4) is 0 Å². The van der Waals surface area contributed by atoms with Crippen LogP contribution in [0.1, 0.15) is 23.9 Å². The van der Waals surface area contributed by atoms with E-state index in [-0.39, 0.29) is 6.17 Å². The second-order valence-corrected chi connectivity index (χ2v) is 7.85. The van der Waals surface area contributed by atoms with Crippen LogP contribution in [-0.4, -0.2) is 15.7 Å². The summed E-state index contributed by atoms with van der Waals surface area (Å²) in [6, 6.07) is 23.5. The first kappa shape index (κ1) is 16.4. The molecule has 1 atom stereocenters. The Hall–Kier alpha value is -3.53. The molecule has 0 aliphatic carbocycles. The number of fused-ring (bicyclic) bond motifs is 5. The van der Waals surface area contributed by atoms with E-state index < -0.39 is 0 Å². The van der Waals surface area contributed by atoms with E-state index in [9.17, 15) is 0 Å². The van der Waals surface area contributed by atoms with E-state index in [1.165, 1.54) is 33.7 Å². The Morgan fingerprint density at radius 3 is 2.48 bits per heavy atom. The average molecular weight is 378 g/mol. The van der Waals surface area contributed by atoms with Gasteiger partial charge < -0.3 is 9.80 Å². The first-order valence-electron chi connectivity index (χ1n) is 10.1. The van der Waals surface area contributed by atoms with Crippen molar-refractivity contribution in [2.75, 3.05) is 9.80 Å². The van der Waals surface area contributed by atoms with Gasteiger partial charge in [0.1, 0.15) is 12.0 Å². The number of aryl methyl sites for hydroxylation is 1. The number of aromatic nitrogens is 2. The molecule has 29 heavy (non-hydrogen) atoms. The minimum absolute atomic E-state index is 0.185. The van der Waals surface area contributed by atoms with Gasteiger partial charge in [0.15, 0.2) is 0 Å². The monoisotopic (exact) mass is 378 g/mol. The van der Waals surface area contributed by atoms with Gasteiger partial charge in [0.2, 0.25) is 0 Å². The van der Waals surface area contributed by atoms with Gasteiger partial charge in [-0.2, -0.15) is 0 Å². The van der Waals surface area contributed by atoms with Crippen molar-refractivity contribution in [3.63, 3.8) is 0 Å². The molecular weight excluding hydrogens is 356 g/mol. The maximum absolute atomic E-state index is 4.98. The van der Waals surface area contributed by atoms with Gasteiger partial charge >= 0.3 is 0 Å². The van der Waals surface area contributed by atoms with E-state index in [1.807, 2.05) is 0 Å². The van der Waals surface area contributed by atoms with Crippen LogP contribution in [-0.2, 0) is 6.42 Å². The maximum atomic E-state index is 4.98. The Morgan fingerprint density at radius 1 is 0.862 bits per heavy atom. The number of para-hydroxylation sites is 2. The summed E-state index contributed by atoms with van der Waals surface area (Å²) >= 11 is 0. The lowest BCUT2D eigenvalue weighted by atomic mass is 10.1. The molecule has 142 valence electrons. The van der Waals surface area contributed by atoms with Crippen LogP contribution in [0.25, 0.3) is 16.7 Å². The number of hydrogen-bond acceptors (Lipinski definition) is 3. The summed E-state index contributed by atoms with van der Waals surface area (Å²) in [5, 5.41) is 0. The predicted octanol–water partition coefficient (Wildman–Crippen LogP) is 5.38. The van der Waals surface area contributed by atoms with Crippen molar-refractivity contribution >= 4 is 22.4 Å². The molecule has 0 unspecified atom stereocenters. The molecule has 0 saturated heterocycles. The van der Waals surface area contributed by atoms with Crippen LogP contribution in [0.15, 0.2) is 79.1 Å². The molecule has 2 aliphatic rings. The molecule has 0 spiro atoms. The summed E-state index contributed by atoms with van der Waals surface area (Å²) < 4.78 is 2.36. The molecule has 1 aromatic heterocycles. The fraction of sp³-hybridized carbons (Fsp3) is 0.160. The largest absolute Gasteiger partial charge is 0.326 e. The minimum Gasteiger partial charge on any atom is -0.326 e. The fourth-order valence-corrected chi connectivity index (χ4v) is 4.74. The summed E-state index contributed by atoms with van der Waals surface area (Å²) in [4.78, 5) is 9.67. The number of benzene rings is 3. The Balaban J connectivity index is 1.53. The number of rotatable bonds is 2. The van der Waals surface area contributed by atoms with E-state index in [4.69, 9.17) is 4.98 Å². The molecule has 4 aromatic rings. The number of imidazole rings is 1. The van der Waals surface area contributed by atoms with Gasteiger partial charge in [0.25, 0.3) is 0 Å². The van der Waals surface area contributed by atoms with Gasteiger partial charge in [0.05, 0.1) is 22.4 Å². The van der Waals surface area contributed by atoms with E-state index in [2.05, 4.69) is 107 Å². The molecule has 0 fully saturated rings. The van der Waals surface area contributed by atoms with Gasteiger partial charge in [-0.05, 0) is 49.2 Å². The van der Waals surface area contributed by atoms with E-state index >= 15 is 0 Å². The zero-order valence-electron chi connectivity index (χ0n) is 16.6. The summed E-state index contributed by atoms with van der Waals surface area (Å²) in [5.74, 6) is 1.13.